The molecule has 0 bridgehead atoms. The van der Waals surface area contributed by atoms with Gasteiger partial charge in [-0.1, -0.05) is 23.2 Å². The second-order valence-corrected chi connectivity index (χ2v) is 6.07. The third-order valence-electron chi connectivity index (χ3n) is 2.95. The summed E-state index contributed by atoms with van der Waals surface area (Å²) < 4.78 is 11.8. The molecule has 1 aromatic heterocycles. The van der Waals surface area contributed by atoms with Gasteiger partial charge in [0, 0.05) is 6.54 Å². The van der Waals surface area contributed by atoms with Crippen LogP contribution in [0.2, 0.25) is 10.2 Å². The molecule has 0 saturated carbocycles. The van der Waals surface area contributed by atoms with E-state index in [4.69, 9.17) is 32.7 Å². The summed E-state index contributed by atoms with van der Waals surface area (Å²) in [5.74, 6) is 1.29. The van der Waals surface area contributed by atoms with Crippen molar-refractivity contribution in [3.05, 3.63) is 44.6 Å². The monoisotopic (exact) mass is 388 g/mol. The standard InChI is InChI=1S/C14H11BrCl2N2O2/c15-10-5-9(7-19-14(10)17)18-6-8-3-11(16)13-12(4-8)20-1-2-21-13/h3-5,7,18H,1-2,6H2. The summed E-state index contributed by atoms with van der Waals surface area (Å²) in [5.41, 5.74) is 1.85. The molecule has 0 fully saturated rings. The molecular weight excluding hydrogens is 379 g/mol. The Morgan fingerprint density at radius 1 is 1.19 bits per heavy atom. The van der Waals surface area contributed by atoms with Crippen LogP contribution < -0.4 is 14.8 Å². The van der Waals surface area contributed by atoms with E-state index in [2.05, 4.69) is 26.2 Å². The Balaban J connectivity index is 1.76. The second kappa shape index (κ2) is 6.30. The highest BCUT2D eigenvalue weighted by Gasteiger charge is 2.16. The van der Waals surface area contributed by atoms with Gasteiger partial charge in [-0.15, -0.1) is 0 Å². The second-order valence-electron chi connectivity index (χ2n) is 4.45. The largest absolute Gasteiger partial charge is 0.486 e. The SMILES string of the molecule is Clc1cc(CNc2cnc(Cl)c(Br)c2)cc2c1OCCO2. The van der Waals surface area contributed by atoms with Gasteiger partial charge in [-0.2, -0.15) is 0 Å². The number of pyridine rings is 1. The van der Waals surface area contributed by atoms with Crippen molar-refractivity contribution in [1.82, 2.24) is 4.98 Å². The molecule has 3 rings (SSSR count). The van der Waals surface area contributed by atoms with E-state index in [1.165, 1.54) is 0 Å². The lowest BCUT2D eigenvalue weighted by atomic mass is 10.2. The van der Waals surface area contributed by atoms with Gasteiger partial charge in [-0.05, 0) is 39.7 Å². The number of aromatic nitrogens is 1. The zero-order chi connectivity index (χ0) is 14.8. The van der Waals surface area contributed by atoms with Crippen LogP contribution in [0, 0.1) is 0 Å². The molecule has 2 heterocycles. The van der Waals surface area contributed by atoms with Crippen molar-refractivity contribution < 1.29 is 9.47 Å². The molecule has 21 heavy (non-hydrogen) atoms. The van der Waals surface area contributed by atoms with Crippen LogP contribution in [-0.4, -0.2) is 18.2 Å². The third-order valence-corrected chi connectivity index (χ3v) is 4.36. The predicted molar refractivity (Wildman–Crippen MR) is 86.7 cm³/mol. The van der Waals surface area contributed by atoms with Gasteiger partial charge in [-0.25, -0.2) is 4.98 Å². The van der Waals surface area contributed by atoms with Crippen LogP contribution in [0.25, 0.3) is 0 Å². The van der Waals surface area contributed by atoms with Crippen molar-refractivity contribution >= 4 is 44.8 Å². The van der Waals surface area contributed by atoms with Crippen molar-refractivity contribution in [3.8, 4) is 11.5 Å². The zero-order valence-electron chi connectivity index (χ0n) is 10.8. The number of nitrogens with one attached hydrogen (secondary N) is 1. The average Bonchev–Trinajstić information content (AvgIpc) is 2.49. The van der Waals surface area contributed by atoms with Gasteiger partial charge < -0.3 is 14.8 Å². The van der Waals surface area contributed by atoms with Crippen molar-refractivity contribution in [3.63, 3.8) is 0 Å². The number of fused-ring (bicyclic) bond motifs is 1. The molecule has 0 amide bonds. The van der Waals surface area contributed by atoms with Crippen LogP contribution in [-0.2, 0) is 6.54 Å². The summed E-state index contributed by atoms with van der Waals surface area (Å²) in [5, 5.41) is 4.25. The first-order valence-electron chi connectivity index (χ1n) is 6.26. The Morgan fingerprint density at radius 3 is 2.81 bits per heavy atom. The van der Waals surface area contributed by atoms with Gasteiger partial charge in [0.1, 0.15) is 18.4 Å². The quantitative estimate of drug-likeness (QED) is 0.783. The topological polar surface area (TPSA) is 43.4 Å². The van der Waals surface area contributed by atoms with E-state index in [0.717, 1.165) is 15.7 Å². The number of nitrogens with zero attached hydrogens (tertiary/aromatic N) is 1. The summed E-state index contributed by atoms with van der Waals surface area (Å²) in [7, 11) is 0. The fourth-order valence-electron chi connectivity index (χ4n) is 1.99. The van der Waals surface area contributed by atoms with Crippen LogP contribution >= 0.6 is 39.1 Å². The summed E-state index contributed by atoms with van der Waals surface area (Å²) >= 11 is 15.4. The molecule has 0 radical (unpaired) electrons. The maximum atomic E-state index is 6.21. The first-order valence-corrected chi connectivity index (χ1v) is 7.81. The van der Waals surface area contributed by atoms with E-state index >= 15 is 0 Å². The number of hydrogen-bond acceptors (Lipinski definition) is 4. The summed E-state index contributed by atoms with van der Waals surface area (Å²) in [6.45, 7) is 1.65. The molecule has 0 saturated heterocycles. The fourth-order valence-corrected chi connectivity index (χ4v) is 2.73. The molecule has 1 aromatic carbocycles. The van der Waals surface area contributed by atoms with Gasteiger partial charge in [0.15, 0.2) is 11.5 Å². The van der Waals surface area contributed by atoms with E-state index < -0.39 is 0 Å². The zero-order valence-corrected chi connectivity index (χ0v) is 13.9. The van der Waals surface area contributed by atoms with E-state index in [1.54, 1.807) is 6.20 Å². The normalized spacial score (nSPS) is 13.1. The Hall–Kier alpha value is -1.17. The molecule has 4 nitrogen and oxygen atoms in total. The molecule has 0 aliphatic carbocycles. The van der Waals surface area contributed by atoms with Gasteiger partial charge >= 0.3 is 0 Å². The molecular formula is C14H11BrCl2N2O2. The van der Waals surface area contributed by atoms with Crippen LogP contribution in [0.3, 0.4) is 0 Å². The highest BCUT2D eigenvalue weighted by Crippen LogP contribution is 2.38. The summed E-state index contributed by atoms with van der Waals surface area (Å²) in [4.78, 5) is 4.06. The van der Waals surface area contributed by atoms with E-state index in [9.17, 15) is 0 Å². The van der Waals surface area contributed by atoms with Crippen molar-refractivity contribution in [2.45, 2.75) is 6.54 Å². The number of halogens is 3. The predicted octanol–water partition coefficient (Wildman–Crippen LogP) is 4.53. The molecule has 1 aliphatic rings. The number of rotatable bonds is 3. The molecule has 0 spiro atoms. The van der Waals surface area contributed by atoms with Gasteiger partial charge in [0.25, 0.3) is 0 Å². The Labute approximate surface area is 140 Å². The van der Waals surface area contributed by atoms with E-state index in [1.807, 2.05) is 18.2 Å². The van der Waals surface area contributed by atoms with Gasteiger partial charge in [0.05, 0.1) is 21.4 Å². The molecule has 110 valence electrons. The number of anilines is 1. The minimum absolute atomic E-state index is 0.433. The van der Waals surface area contributed by atoms with Crippen LogP contribution in [0.5, 0.6) is 11.5 Å². The Kier molecular flexibility index (Phi) is 4.42. The minimum Gasteiger partial charge on any atom is -0.486 e. The first-order chi connectivity index (χ1) is 10.1. The number of benzene rings is 1. The van der Waals surface area contributed by atoms with Crippen molar-refractivity contribution in [1.29, 1.82) is 0 Å². The van der Waals surface area contributed by atoms with Crippen LogP contribution in [0.15, 0.2) is 28.9 Å². The van der Waals surface area contributed by atoms with E-state index in [0.29, 0.717) is 41.4 Å². The molecule has 0 unspecified atom stereocenters. The van der Waals surface area contributed by atoms with Crippen molar-refractivity contribution in [2.75, 3.05) is 18.5 Å². The highest BCUT2D eigenvalue weighted by molar-refractivity contribution is 9.10. The lowest BCUT2D eigenvalue weighted by molar-refractivity contribution is 0.171. The molecule has 1 N–H and O–H groups in total. The number of hydrogen-bond donors (Lipinski definition) is 1. The van der Waals surface area contributed by atoms with Gasteiger partial charge in [-0.3, -0.25) is 0 Å². The molecule has 2 aromatic rings. The number of ether oxygens (including phenoxy) is 2. The molecule has 7 heteroatoms. The van der Waals surface area contributed by atoms with E-state index in [-0.39, 0.29) is 0 Å². The van der Waals surface area contributed by atoms with Gasteiger partial charge in [0.2, 0.25) is 0 Å². The average molecular weight is 390 g/mol. The fraction of sp³-hybridized carbons (Fsp3) is 0.214. The first kappa shape index (κ1) is 14.8. The van der Waals surface area contributed by atoms with Crippen molar-refractivity contribution in [2.24, 2.45) is 0 Å². The maximum Gasteiger partial charge on any atom is 0.179 e. The van der Waals surface area contributed by atoms with Crippen LogP contribution in [0.4, 0.5) is 5.69 Å². The lowest BCUT2D eigenvalue weighted by Crippen LogP contribution is -2.16. The summed E-state index contributed by atoms with van der Waals surface area (Å²) in [6.07, 6.45) is 1.67. The molecule has 1 aliphatic heterocycles. The maximum absolute atomic E-state index is 6.21. The smallest absolute Gasteiger partial charge is 0.179 e. The van der Waals surface area contributed by atoms with Crippen LogP contribution in [0.1, 0.15) is 5.56 Å². The summed E-state index contributed by atoms with van der Waals surface area (Å²) in [6, 6.07) is 5.65. The molecule has 0 atom stereocenters. The Bertz CT molecular complexity index is 682. The highest BCUT2D eigenvalue weighted by atomic mass is 79.9. The Morgan fingerprint density at radius 2 is 2.00 bits per heavy atom. The minimum atomic E-state index is 0.433. The third kappa shape index (κ3) is 3.36. The lowest BCUT2D eigenvalue weighted by Gasteiger charge is -2.20.